The number of rotatable bonds is 4. The first-order valence-corrected chi connectivity index (χ1v) is 5.87. The van der Waals surface area contributed by atoms with Crippen LogP contribution in [0.3, 0.4) is 0 Å². The van der Waals surface area contributed by atoms with E-state index < -0.39 is 11.5 Å². The summed E-state index contributed by atoms with van der Waals surface area (Å²) >= 11 is 0. The molecule has 1 saturated heterocycles. The first kappa shape index (κ1) is 12.5. The summed E-state index contributed by atoms with van der Waals surface area (Å²) in [5, 5.41) is 19.6. The van der Waals surface area contributed by atoms with Crippen LogP contribution in [0.1, 0.15) is 39.5 Å². The predicted octanol–water partition coefficient (Wildman–Crippen LogP) is 2.10. The lowest BCUT2D eigenvalue weighted by atomic mass is 9.71. The third kappa shape index (κ3) is 2.50. The van der Waals surface area contributed by atoms with Crippen LogP contribution in [0.2, 0.25) is 0 Å². The lowest BCUT2D eigenvalue weighted by Gasteiger charge is -2.38. The molecule has 1 aliphatic heterocycles. The topological polar surface area (TPSA) is 53.2 Å². The van der Waals surface area contributed by atoms with Crippen molar-refractivity contribution in [2.24, 2.45) is 11.3 Å². The molecule has 0 bridgehead atoms. The van der Waals surface area contributed by atoms with Crippen LogP contribution >= 0.6 is 0 Å². The second kappa shape index (κ2) is 5.48. The Bertz CT molecular complexity index is 224. The summed E-state index contributed by atoms with van der Waals surface area (Å²) in [4.78, 5) is 0. The zero-order valence-corrected chi connectivity index (χ0v) is 9.70. The smallest absolute Gasteiger partial charge is 0.0878 e. The van der Waals surface area contributed by atoms with Crippen molar-refractivity contribution in [3.05, 3.63) is 0 Å². The number of ether oxygens (including phenoxy) is 1. The molecule has 1 aliphatic rings. The van der Waals surface area contributed by atoms with E-state index in [1.165, 1.54) is 0 Å². The average molecular weight is 211 g/mol. The van der Waals surface area contributed by atoms with Crippen LogP contribution in [-0.2, 0) is 4.74 Å². The van der Waals surface area contributed by atoms with Crippen LogP contribution in [0.15, 0.2) is 0 Å². The van der Waals surface area contributed by atoms with Crippen LogP contribution in [0.4, 0.5) is 0 Å². The quantitative estimate of drug-likeness (QED) is 0.774. The van der Waals surface area contributed by atoms with E-state index in [4.69, 9.17) is 4.74 Å². The fourth-order valence-electron chi connectivity index (χ4n) is 2.40. The van der Waals surface area contributed by atoms with Crippen molar-refractivity contribution in [3.63, 3.8) is 0 Å². The van der Waals surface area contributed by atoms with Crippen molar-refractivity contribution < 1.29 is 9.84 Å². The Balaban J connectivity index is 2.76. The highest BCUT2D eigenvalue weighted by molar-refractivity contribution is 5.06. The van der Waals surface area contributed by atoms with Gasteiger partial charge in [-0.3, -0.25) is 0 Å². The van der Waals surface area contributed by atoms with Gasteiger partial charge in [-0.15, -0.1) is 0 Å². The summed E-state index contributed by atoms with van der Waals surface area (Å²) < 4.78 is 5.26. The number of nitriles is 1. The molecule has 0 aromatic carbocycles. The lowest BCUT2D eigenvalue weighted by molar-refractivity contribution is -0.0558. The Kier molecular flexibility index (Phi) is 4.56. The molecule has 0 saturated carbocycles. The highest BCUT2D eigenvalue weighted by Crippen LogP contribution is 2.38. The minimum absolute atomic E-state index is 0.239. The highest BCUT2D eigenvalue weighted by Gasteiger charge is 2.42. The van der Waals surface area contributed by atoms with E-state index in [0.717, 1.165) is 12.8 Å². The Morgan fingerprint density at radius 1 is 1.33 bits per heavy atom. The van der Waals surface area contributed by atoms with Gasteiger partial charge in [0.1, 0.15) is 0 Å². The molecule has 3 heteroatoms. The van der Waals surface area contributed by atoms with Gasteiger partial charge >= 0.3 is 0 Å². The maximum Gasteiger partial charge on any atom is 0.0878 e. The molecule has 86 valence electrons. The van der Waals surface area contributed by atoms with Crippen LogP contribution in [0.25, 0.3) is 0 Å². The van der Waals surface area contributed by atoms with Gasteiger partial charge < -0.3 is 9.84 Å². The SMILES string of the molecule is CCC(CC)C(O)C1(C#N)CCOCC1. The molecule has 0 aliphatic carbocycles. The maximum atomic E-state index is 10.3. The van der Waals surface area contributed by atoms with E-state index in [0.29, 0.717) is 26.1 Å². The van der Waals surface area contributed by atoms with Crippen molar-refractivity contribution in [1.82, 2.24) is 0 Å². The molecule has 1 unspecified atom stereocenters. The molecule has 0 aromatic heterocycles. The van der Waals surface area contributed by atoms with Crippen molar-refractivity contribution >= 4 is 0 Å². The van der Waals surface area contributed by atoms with E-state index in [1.807, 2.05) is 0 Å². The number of hydrogen-bond acceptors (Lipinski definition) is 3. The predicted molar refractivity (Wildman–Crippen MR) is 58.2 cm³/mol. The van der Waals surface area contributed by atoms with Gasteiger partial charge in [0.05, 0.1) is 17.6 Å². The van der Waals surface area contributed by atoms with E-state index in [2.05, 4.69) is 19.9 Å². The normalized spacial score (nSPS) is 22.3. The molecule has 1 fully saturated rings. The fourth-order valence-corrected chi connectivity index (χ4v) is 2.40. The summed E-state index contributed by atoms with van der Waals surface area (Å²) in [5.74, 6) is 0.239. The van der Waals surface area contributed by atoms with Crippen LogP contribution < -0.4 is 0 Å². The largest absolute Gasteiger partial charge is 0.391 e. The molecular weight excluding hydrogens is 190 g/mol. The van der Waals surface area contributed by atoms with Crippen molar-refractivity contribution in [2.45, 2.75) is 45.6 Å². The third-order valence-corrected chi connectivity index (χ3v) is 3.67. The molecule has 1 atom stereocenters. The van der Waals surface area contributed by atoms with Crippen LogP contribution in [-0.4, -0.2) is 24.4 Å². The second-order valence-corrected chi connectivity index (χ2v) is 4.40. The van der Waals surface area contributed by atoms with Gasteiger partial charge in [0.2, 0.25) is 0 Å². The van der Waals surface area contributed by atoms with Crippen molar-refractivity contribution in [1.29, 1.82) is 5.26 Å². The molecule has 0 radical (unpaired) electrons. The van der Waals surface area contributed by atoms with Crippen molar-refractivity contribution in [2.75, 3.05) is 13.2 Å². The Hall–Kier alpha value is -0.590. The van der Waals surface area contributed by atoms with Gasteiger partial charge in [0.15, 0.2) is 0 Å². The van der Waals surface area contributed by atoms with Gasteiger partial charge in [-0.2, -0.15) is 5.26 Å². The molecule has 0 amide bonds. The Morgan fingerprint density at radius 3 is 2.27 bits per heavy atom. The maximum absolute atomic E-state index is 10.3. The zero-order chi connectivity index (χ0) is 11.3. The van der Waals surface area contributed by atoms with Gasteiger partial charge in [-0.05, 0) is 18.8 Å². The standard InChI is InChI=1S/C12H21NO2/c1-3-10(4-2)11(14)12(9-13)5-7-15-8-6-12/h10-11,14H,3-8H2,1-2H3. The number of aliphatic hydroxyl groups is 1. The number of hydrogen-bond donors (Lipinski definition) is 1. The summed E-state index contributed by atoms with van der Waals surface area (Å²) in [6.07, 6.45) is 2.70. The molecule has 1 heterocycles. The molecule has 1 N–H and O–H groups in total. The second-order valence-electron chi connectivity index (χ2n) is 4.40. The monoisotopic (exact) mass is 211 g/mol. The van der Waals surface area contributed by atoms with Crippen LogP contribution in [0, 0.1) is 22.7 Å². The minimum atomic E-state index is -0.561. The molecule has 0 aromatic rings. The summed E-state index contributed by atoms with van der Waals surface area (Å²) in [7, 11) is 0. The fraction of sp³-hybridized carbons (Fsp3) is 0.917. The number of nitrogens with zero attached hydrogens (tertiary/aromatic N) is 1. The first-order valence-electron chi connectivity index (χ1n) is 5.87. The van der Waals surface area contributed by atoms with E-state index >= 15 is 0 Å². The van der Waals surface area contributed by atoms with Gasteiger partial charge in [-0.25, -0.2) is 0 Å². The van der Waals surface area contributed by atoms with Gasteiger partial charge in [0.25, 0.3) is 0 Å². The molecular formula is C12H21NO2. The van der Waals surface area contributed by atoms with E-state index in [1.54, 1.807) is 0 Å². The molecule has 3 nitrogen and oxygen atoms in total. The average Bonchev–Trinajstić information content (AvgIpc) is 2.31. The Labute approximate surface area is 92.0 Å². The van der Waals surface area contributed by atoms with Gasteiger partial charge in [0, 0.05) is 13.2 Å². The lowest BCUT2D eigenvalue weighted by Crippen LogP contribution is -2.43. The van der Waals surface area contributed by atoms with Crippen molar-refractivity contribution in [3.8, 4) is 6.07 Å². The minimum Gasteiger partial charge on any atom is -0.391 e. The highest BCUT2D eigenvalue weighted by atomic mass is 16.5. The third-order valence-electron chi connectivity index (χ3n) is 3.67. The summed E-state index contributed by atoms with van der Waals surface area (Å²) in [6.45, 7) is 5.35. The summed E-state index contributed by atoms with van der Waals surface area (Å²) in [6, 6.07) is 2.34. The molecule has 0 spiro atoms. The van der Waals surface area contributed by atoms with Crippen LogP contribution in [0.5, 0.6) is 0 Å². The number of aliphatic hydroxyl groups excluding tert-OH is 1. The Morgan fingerprint density at radius 2 is 1.87 bits per heavy atom. The zero-order valence-electron chi connectivity index (χ0n) is 9.70. The van der Waals surface area contributed by atoms with Gasteiger partial charge in [-0.1, -0.05) is 26.7 Å². The molecule has 1 rings (SSSR count). The van der Waals surface area contributed by atoms with E-state index in [-0.39, 0.29) is 5.92 Å². The van der Waals surface area contributed by atoms with E-state index in [9.17, 15) is 10.4 Å². The first-order chi connectivity index (χ1) is 7.20. The summed E-state index contributed by atoms with van der Waals surface area (Å²) in [5.41, 5.74) is -0.561. The molecule has 15 heavy (non-hydrogen) atoms.